The predicted molar refractivity (Wildman–Crippen MR) is 48.5 cm³/mol. The highest BCUT2D eigenvalue weighted by Gasteiger charge is 2.42. The molecule has 1 fully saturated rings. The van der Waals surface area contributed by atoms with Crippen molar-refractivity contribution < 1.29 is 19.4 Å². The summed E-state index contributed by atoms with van der Waals surface area (Å²) in [5.74, 6) is -1.81. The molecular formula is C9H15NO4. The fourth-order valence-corrected chi connectivity index (χ4v) is 1.61. The van der Waals surface area contributed by atoms with Crippen molar-refractivity contribution in [2.75, 3.05) is 13.2 Å². The van der Waals surface area contributed by atoms with Crippen molar-refractivity contribution in [1.29, 1.82) is 0 Å². The topological polar surface area (TPSA) is 89.6 Å². The highest BCUT2D eigenvalue weighted by Crippen LogP contribution is 2.30. The monoisotopic (exact) mass is 201 g/mol. The number of primary amides is 1. The second kappa shape index (κ2) is 3.96. The van der Waals surface area contributed by atoms with E-state index in [4.69, 9.17) is 15.6 Å². The van der Waals surface area contributed by atoms with Gasteiger partial charge in [0.15, 0.2) is 0 Å². The molecule has 1 amide bonds. The van der Waals surface area contributed by atoms with Crippen LogP contribution in [0.15, 0.2) is 0 Å². The minimum absolute atomic E-state index is 0.128. The van der Waals surface area contributed by atoms with Crippen LogP contribution in [0.2, 0.25) is 0 Å². The van der Waals surface area contributed by atoms with Gasteiger partial charge < -0.3 is 15.6 Å². The van der Waals surface area contributed by atoms with Crippen LogP contribution in [0, 0.1) is 11.3 Å². The van der Waals surface area contributed by atoms with Crippen LogP contribution in [0.4, 0.5) is 0 Å². The number of amides is 1. The van der Waals surface area contributed by atoms with E-state index in [1.54, 1.807) is 0 Å². The first-order valence-corrected chi connectivity index (χ1v) is 4.58. The number of hydrogen-bond acceptors (Lipinski definition) is 3. The predicted octanol–water partition coefficient (Wildman–Crippen LogP) is -0.0108. The Morgan fingerprint density at radius 1 is 1.64 bits per heavy atom. The van der Waals surface area contributed by atoms with Crippen molar-refractivity contribution in [2.45, 2.75) is 19.8 Å². The van der Waals surface area contributed by atoms with E-state index in [9.17, 15) is 9.59 Å². The Labute approximate surface area is 82.2 Å². The summed E-state index contributed by atoms with van der Waals surface area (Å²) in [7, 11) is 0. The zero-order valence-electron chi connectivity index (χ0n) is 8.16. The summed E-state index contributed by atoms with van der Waals surface area (Å²) in [4.78, 5) is 22.0. The van der Waals surface area contributed by atoms with Gasteiger partial charge in [0.25, 0.3) is 0 Å². The number of hydrogen-bond donors (Lipinski definition) is 2. The lowest BCUT2D eigenvalue weighted by atomic mass is 9.80. The summed E-state index contributed by atoms with van der Waals surface area (Å²) < 4.78 is 5.12. The fourth-order valence-electron chi connectivity index (χ4n) is 1.61. The molecule has 1 aliphatic rings. The number of rotatable bonds is 4. The number of carboxylic acid groups (broad SMARTS) is 1. The summed E-state index contributed by atoms with van der Waals surface area (Å²) in [5, 5.41) is 8.92. The molecule has 5 nitrogen and oxygen atoms in total. The first kappa shape index (κ1) is 11.0. The Balaban J connectivity index is 2.68. The molecule has 0 radical (unpaired) electrons. The molecule has 1 saturated heterocycles. The average Bonchev–Trinajstić information content (AvgIpc) is 2.55. The molecule has 14 heavy (non-hydrogen) atoms. The minimum Gasteiger partial charge on any atom is -0.480 e. The standard InChI is InChI=1S/C9H15NO4/c1-9(7(10)11,8(12)13)4-6-2-3-14-5-6/h6H,2-5H2,1H3,(H2,10,11)(H,12,13). The summed E-state index contributed by atoms with van der Waals surface area (Å²) >= 11 is 0. The minimum atomic E-state index is -1.46. The molecule has 0 aromatic heterocycles. The summed E-state index contributed by atoms with van der Waals surface area (Å²) in [6.07, 6.45) is 1.06. The molecule has 0 aromatic carbocycles. The van der Waals surface area contributed by atoms with Gasteiger partial charge in [-0.2, -0.15) is 0 Å². The molecular weight excluding hydrogens is 186 g/mol. The second-order valence-electron chi connectivity index (χ2n) is 3.94. The van der Waals surface area contributed by atoms with E-state index in [1.165, 1.54) is 6.92 Å². The number of nitrogens with two attached hydrogens (primary N) is 1. The van der Waals surface area contributed by atoms with Gasteiger partial charge in [-0.15, -0.1) is 0 Å². The molecule has 0 aliphatic carbocycles. The molecule has 0 bridgehead atoms. The van der Waals surface area contributed by atoms with E-state index in [1.807, 2.05) is 0 Å². The third-order valence-electron chi connectivity index (χ3n) is 2.74. The number of carbonyl (C=O) groups excluding carboxylic acids is 1. The van der Waals surface area contributed by atoms with Crippen LogP contribution in [0.3, 0.4) is 0 Å². The normalized spacial score (nSPS) is 25.6. The van der Waals surface area contributed by atoms with Crippen LogP contribution < -0.4 is 5.73 Å². The molecule has 3 N–H and O–H groups in total. The third-order valence-corrected chi connectivity index (χ3v) is 2.74. The quantitative estimate of drug-likeness (QED) is 0.626. The Morgan fingerprint density at radius 2 is 2.29 bits per heavy atom. The zero-order chi connectivity index (χ0) is 10.8. The number of carboxylic acids is 1. The molecule has 1 aliphatic heterocycles. The molecule has 1 heterocycles. The molecule has 1 rings (SSSR count). The SMILES string of the molecule is CC(CC1CCOC1)(C(N)=O)C(=O)O. The maximum Gasteiger partial charge on any atom is 0.318 e. The van der Waals surface area contributed by atoms with Gasteiger partial charge in [-0.25, -0.2) is 0 Å². The van der Waals surface area contributed by atoms with Gasteiger partial charge >= 0.3 is 5.97 Å². The highest BCUT2D eigenvalue weighted by atomic mass is 16.5. The molecule has 5 heteroatoms. The van der Waals surface area contributed by atoms with Gasteiger partial charge in [0, 0.05) is 13.2 Å². The van der Waals surface area contributed by atoms with Crippen LogP contribution in [-0.2, 0) is 14.3 Å². The van der Waals surface area contributed by atoms with Crippen LogP contribution in [-0.4, -0.2) is 30.2 Å². The van der Waals surface area contributed by atoms with Crippen molar-refractivity contribution in [3.05, 3.63) is 0 Å². The number of ether oxygens (including phenoxy) is 1. The van der Waals surface area contributed by atoms with E-state index in [2.05, 4.69) is 0 Å². The van der Waals surface area contributed by atoms with Gasteiger partial charge in [0.1, 0.15) is 5.41 Å². The van der Waals surface area contributed by atoms with Gasteiger partial charge in [0.2, 0.25) is 5.91 Å². The summed E-state index contributed by atoms with van der Waals surface area (Å²) in [6, 6.07) is 0. The first-order valence-electron chi connectivity index (χ1n) is 4.58. The van der Waals surface area contributed by atoms with Gasteiger partial charge in [-0.3, -0.25) is 9.59 Å². The van der Waals surface area contributed by atoms with Crippen molar-refractivity contribution in [2.24, 2.45) is 17.1 Å². The van der Waals surface area contributed by atoms with E-state index < -0.39 is 17.3 Å². The lowest BCUT2D eigenvalue weighted by Crippen LogP contribution is -2.42. The van der Waals surface area contributed by atoms with Crippen molar-refractivity contribution in [3.8, 4) is 0 Å². The van der Waals surface area contributed by atoms with Crippen molar-refractivity contribution >= 4 is 11.9 Å². The Bertz CT molecular complexity index is 231. The molecule has 0 aromatic rings. The fraction of sp³-hybridized carbons (Fsp3) is 0.778. The maximum atomic E-state index is 11.1. The summed E-state index contributed by atoms with van der Waals surface area (Å²) in [5.41, 5.74) is 3.63. The van der Waals surface area contributed by atoms with Crippen LogP contribution in [0.5, 0.6) is 0 Å². The zero-order valence-corrected chi connectivity index (χ0v) is 8.16. The van der Waals surface area contributed by atoms with Crippen LogP contribution in [0.1, 0.15) is 19.8 Å². The molecule has 80 valence electrons. The molecule has 0 saturated carbocycles. The lowest BCUT2D eigenvalue weighted by molar-refractivity contribution is -0.154. The van der Waals surface area contributed by atoms with Crippen LogP contribution in [0.25, 0.3) is 0 Å². The van der Waals surface area contributed by atoms with Crippen molar-refractivity contribution in [3.63, 3.8) is 0 Å². The average molecular weight is 201 g/mol. The van der Waals surface area contributed by atoms with Gasteiger partial charge in [0.05, 0.1) is 0 Å². The van der Waals surface area contributed by atoms with Gasteiger partial charge in [-0.1, -0.05) is 0 Å². The Kier molecular flexibility index (Phi) is 3.10. The molecule has 2 atom stereocenters. The molecule has 0 spiro atoms. The highest BCUT2D eigenvalue weighted by molar-refractivity contribution is 6.00. The number of aliphatic carboxylic acids is 1. The van der Waals surface area contributed by atoms with E-state index >= 15 is 0 Å². The third kappa shape index (κ3) is 2.04. The van der Waals surface area contributed by atoms with E-state index in [0.29, 0.717) is 13.2 Å². The summed E-state index contributed by atoms with van der Waals surface area (Å²) in [6.45, 7) is 2.53. The largest absolute Gasteiger partial charge is 0.480 e. The van der Waals surface area contributed by atoms with Gasteiger partial charge in [-0.05, 0) is 25.7 Å². The smallest absolute Gasteiger partial charge is 0.318 e. The lowest BCUT2D eigenvalue weighted by Gasteiger charge is -2.23. The molecule has 2 unspecified atom stereocenters. The maximum absolute atomic E-state index is 11.1. The number of carbonyl (C=O) groups is 2. The van der Waals surface area contributed by atoms with Crippen molar-refractivity contribution in [1.82, 2.24) is 0 Å². The Morgan fingerprint density at radius 3 is 2.64 bits per heavy atom. The van der Waals surface area contributed by atoms with E-state index in [0.717, 1.165) is 6.42 Å². The van der Waals surface area contributed by atoms with Crippen LogP contribution >= 0.6 is 0 Å². The second-order valence-corrected chi connectivity index (χ2v) is 3.94. The Hall–Kier alpha value is -1.10. The first-order chi connectivity index (χ1) is 6.47. The van der Waals surface area contributed by atoms with E-state index in [-0.39, 0.29) is 12.3 Å².